The summed E-state index contributed by atoms with van der Waals surface area (Å²) < 4.78 is 5.09. The van der Waals surface area contributed by atoms with Crippen LogP contribution in [0.1, 0.15) is 30.1 Å². The SMILES string of the molecule is COc1nc(C2CC2)nc(NCc2ccccc2)c1[N+](=O)[O-]. The first-order chi connectivity index (χ1) is 10.7. The van der Waals surface area contributed by atoms with E-state index in [1.807, 2.05) is 30.3 Å². The molecule has 1 aliphatic rings. The van der Waals surface area contributed by atoms with E-state index >= 15 is 0 Å². The number of anilines is 1. The number of ether oxygens (including phenoxy) is 1. The number of benzene rings is 1. The first-order valence-corrected chi connectivity index (χ1v) is 7.07. The molecule has 0 atom stereocenters. The molecule has 1 N–H and O–H groups in total. The highest BCUT2D eigenvalue weighted by atomic mass is 16.6. The second-order valence-corrected chi connectivity index (χ2v) is 5.16. The summed E-state index contributed by atoms with van der Waals surface area (Å²) in [7, 11) is 1.38. The second-order valence-electron chi connectivity index (χ2n) is 5.16. The molecule has 0 spiro atoms. The molecule has 114 valence electrons. The van der Waals surface area contributed by atoms with Crippen LogP contribution in [0.25, 0.3) is 0 Å². The van der Waals surface area contributed by atoms with Crippen molar-refractivity contribution in [3.8, 4) is 5.88 Å². The summed E-state index contributed by atoms with van der Waals surface area (Å²) in [5.74, 6) is 1.12. The van der Waals surface area contributed by atoms with Gasteiger partial charge in [-0.1, -0.05) is 30.3 Å². The predicted octanol–water partition coefficient (Wildman–Crippen LogP) is 2.88. The van der Waals surface area contributed by atoms with E-state index in [0.717, 1.165) is 18.4 Å². The van der Waals surface area contributed by atoms with Crippen molar-refractivity contribution in [3.05, 3.63) is 51.8 Å². The summed E-state index contributed by atoms with van der Waals surface area (Å²) in [5.41, 5.74) is 0.796. The zero-order chi connectivity index (χ0) is 15.5. The average Bonchev–Trinajstić information content (AvgIpc) is 3.37. The monoisotopic (exact) mass is 300 g/mol. The topological polar surface area (TPSA) is 90.2 Å². The van der Waals surface area contributed by atoms with Gasteiger partial charge in [0.2, 0.25) is 5.82 Å². The lowest BCUT2D eigenvalue weighted by Crippen LogP contribution is -2.09. The van der Waals surface area contributed by atoms with Crippen molar-refractivity contribution >= 4 is 11.5 Å². The van der Waals surface area contributed by atoms with Crippen LogP contribution in [0.4, 0.5) is 11.5 Å². The van der Waals surface area contributed by atoms with Crippen molar-refractivity contribution in [2.75, 3.05) is 12.4 Å². The molecule has 0 saturated heterocycles. The first-order valence-electron chi connectivity index (χ1n) is 7.07. The van der Waals surface area contributed by atoms with Crippen molar-refractivity contribution < 1.29 is 9.66 Å². The van der Waals surface area contributed by atoms with Crippen LogP contribution >= 0.6 is 0 Å². The summed E-state index contributed by atoms with van der Waals surface area (Å²) in [4.78, 5) is 19.3. The van der Waals surface area contributed by atoms with Crippen molar-refractivity contribution in [1.82, 2.24) is 9.97 Å². The Morgan fingerprint density at radius 1 is 1.32 bits per heavy atom. The Balaban J connectivity index is 1.92. The van der Waals surface area contributed by atoms with Crippen LogP contribution in [0.3, 0.4) is 0 Å². The standard InChI is InChI=1S/C15H16N4O3/c1-22-15-12(19(20)21)14(17-13(18-15)11-7-8-11)16-9-10-5-3-2-4-6-10/h2-6,11H,7-9H2,1H3,(H,16,17,18). The van der Waals surface area contributed by atoms with E-state index in [9.17, 15) is 10.1 Å². The van der Waals surface area contributed by atoms with Gasteiger partial charge in [0.25, 0.3) is 5.88 Å². The Kier molecular flexibility index (Phi) is 3.86. The highest BCUT2D eigenvalue weighted by molar-refractivity contribution is 5.62. The van der Waals surface area contributed by atoms with Crippen molar-refractivity contribution in [3.63, 3.8) is 0 Å². The Bertz CT molecular complexity index is 687. The summed E-state index contributed by atoms with van der Waals surface area (Å²) >= 11 is 0. The van der Waals surface area contributed by atoms with Gasteiger partial charge in [0.15, 0.2) is 0 Å². The highest BCUT2D eigenvalue weighted by Crippen LogP contribution is 2.41. The van der Waals surface area contributed by atoms with E-state index in [2.05, 4.69) is 15.3 Å². The Morgan fingerprint density at radius 3 is 2.64 bits per heavy atom. The third kappa shape index (κ3) is 2.98. The molecule has 0 unspecified atom stereocenters. The number of hydrogen-bond acceptors (Lipinski definition) is 6. The van der Waals surface area contributed by atoms with Crippen LogP contribution in [-0.4, -0.2) is 22.0 Å². The minimum Gasteiger partial charge on any atom is -0.476 e. The molecule has 0 aliphatic heterocycles. The minimum atomic E-state index is -0.511. The molecule has 22 heavy (non-hydrogen) atoms. The molecule has 1 saturated carbocycles. The lowest BCUT2D eigenvalue weighted by Gasteiger charge is -2.10. The summed E-state index contributed by atoms with van der Waals surface area (Å²) in [6.07, 6.45) is 2.03. The predicted molar refractivity (Wildman–Crippen MR) is 81.0 cm³/mol. The first kappa shape index (κ1) is 14.2. The van der Waals surface area contributed by atoms with E-state index in [0.29, 0.717) is 12.4 Å². The molecule has 1 fully saturated rings. The number of aromatic nitrogens is 2. The van der Waals surface area contributed by atoms with Gasteiger partial charge in [-0.05, 0) is 18.4 Å². The summed E-state index contributed by atoms with van der Waals surface area (Å²) in [5, 5.41) is 14.4. The fourth-order valence-corrected chi connectivity index (χ4v) is 2.19. The van der Waals surface area contributed by atoms with Crippen LogP contribution in [0.5, 0.6) is 5.88 Å². The van der Waals surface area contributed by atoms with E-state index in [1.54, 1.807) is 0 Å². The number of nitrogens with one attached hydrogen (secondary N) is 1. The van der Waals surface area contributed by atoms with E-state index in [-0.39, 0.29) is 23.3 Å². The summed E-state index contributed by atoms with van der Waals surface area (Å²) in [6, 6.07) is 9.65. The maximum absolute atomic E-state index is 11.3. The van der Waals surface area contributed by atoms with Gasteiger partial charge in [-0.25, -0.2) is 4.98 Å². The third-order valence-corrected chi connectivity index (χ3v) is 3.49. The lowest BCUT2D eigenvalue weighted by molar-refractivity contribution is -0.385. The Labute approximate surface area is 127 Å². The molecule has 7 heteroatoms. The normalized spacial score (nSPS) is 13.7. The number of nitro groups is 1. The fourth-order valence-electron chi connectivity index (χ4n) is 2.19. The molecule has 1 aromatic heterocycles. The van der Waals surface area contributed by atoms with Gasteiger partial charge < -0.3 is 10.1 Å². The molecule has 1 heterocycles. The molecule has 3 rings (SSSR count). The van der Waals surface area contributed by atoms with Crippen LogP contribution in [-0.2, 0) is 6.54 Å². The van der Waals surface area contributed by atoms with Gasteiger partial charge >= 0.3 is 5.69 Å². The van der Waals surface area contributed by atoms with Gasteiger partial charge in [-0.15, -0.1) is 0 Å². The molecule has 0 bridgehead atoms. The van der Waals surface area contributed by atoms with Crippen LogP contribution in [0.2, 0.25) is 0 Å². The number of hydrogen-bond donors (Lipinski definition) is 1. The molecule has 1 aliphatic carbocycles. The number of nitrogens with zero attached hydrogens (tertiary/aromatic N) is 3. The van der Waals surface area contributed by atoms with Gasteiger partial charge in [-0.3, -0.25) is 10.1 Å². The van der Waals surface area contributed by atoms with Gasteiger partial charge in [0, 0.05) is 12.5 Å². The molecule has 2 aromatic rings. The smallest absolute Gasteiger partial charge is 0.372 e. The maximum atomic E-state index is 11.3. The largest absolute Gasteiger partial charge is 0.476 e. The minimum absolute atomic E-state index is 0.0115. The van der Waals surface area contributed by atoms with Gasteiger partial charge in [-0.2, -0.15) is 4.98 Å². The van der Waals surface area contributed by atoms with Crippen LogP contribution in [0.15, 0.2) is 30.3 Å². The molecular formula is C15H16N4O3. The molecule has 1 aromatic carbocycles. The van der Waals surface area contributed by atoms with Crippen LogP contribution < -0.4 is 10.1 Å². The number of methoxy groups -OCH3 is 1. The zero-order valence-electron chi connectivity index (χ0n) is 12.2. The fraction of sp³-hybridized carbons (Fsp3) is 0.333. The summed E-state index contributed by atoms with van der Waals surface area (Å²) in [6.45, 7) is 0.450. The molecule has 0 radical (unpaired) electrons. The Hall–Kier alpha value is -2.70. The lowest BCUT2D eigenvalue weighted by atomic mass is 10.2. The maximum Gasteiger partial charge on any atom is 0.372 e. The molecule has 0 amide bonds. The van der Waals surface area contributed by atoms with Crippen molar-refractivity contribution in [2.45, 2.75) is 25.3 Å². The van der Waals surface area contributed by atoms with Crippen molar-refractivity contribution in [2.24, 2.45) is 0 Å². The number of rotatable bonds is 6. The molecule has 7 nitrogen and oxygen atoms in total. The quantitative estimate of drug-likeness (QED) is 0.651. The second kappa shape index (κ2) is 5.97. The van der Waals surface area contributed by atoms with Gasteiger partial charge in [0.1, 0.15) is 5.82 Å². The van der Waals surface area contributed by atoms with E-state index in [1.165, 1.54) is 7.11 Å². The average molecular weight is 300 g/mol. The third-order valence-electron chi connectivity index (χ3n) is 3.49. The Morgan fingerprint density at radius 2 is 2.05 bits per heavy atom. The van der Waals surface area contributed by atoms with E-state index < -0.39 is 4.92 Å². The van der Waals surface area contributed by atoms with Crippen LogP contribution in [0, 0.1) is 10.1 Å². The zero-order valence-corrected chi connectivity index (χ0v) is 12.2. The van der Waals surface area contributed by atoms with E-state index in [4.69, 9.17) is 4.74 Å². The molecular weight excluding hydrogens is 284 g/mol. The highest BCUT2D eigenvalue weighted by Gasteiger charge is 2.32. The van der Waals surface area contributed by atoms with Crippen molar-refractivity contribution in [1.29, 1.82) is 0 Å². The van der Waals surface area contributed by atoms with Gasteiger partial charge in [0.05, 0.1) is 12.0 Å².